The number of aromatic nitrogens is 4. The molecular formula is C41H35ClN6O6S2. The predicted molar refractivity (Wildman–Crippen MR) is 217 cm³/mol. The van der Waals surface area contributed by atoms with Gasteiger partial charge in [-0.2, -0.15) is 0 Å². The van der Waals surface area contributed by atoms with Crippen LogP contribution in [0.1, 0.15) is 96.8 Å². The molecule has 0 unspecified atom stereocenters. The van der Waals surface area contributed by atoms with Crippen LogP contribution in [0.2, 0.25) is 0 Å². The lowest BCUT2D eigenvalue weighted by Crippen LogP contribution is -2.23. The van der Waals surface area contributed by atoms with E-state index >= 15 is 0 Å². The van der Waals surface area contributed by atoms with E-state index in [0.29, 0.717) is 71.0 Å². The Labute approximate surface area is 335 Å². The van der Waals surface area contributed by atoms with E-state index in [1.807, 2.05) is 0 Å². The Morgan fingerprint density at radius 1 is 0.607 bits per heavy atom. The number of carbonyl (C=O) groups is 6. The minimum atomic E-state index is -0.303. The summed E-state index contributed by atoms with van der Waals surface area (Å²) in [7, 11) is 0. The van der Waals surface area contributed by atoms with Crippen LogP contribution in [0.25, 0.3) is 22.1 Å². The quantitative estimate of drug-likeness (QED) is 0.0636. The van der Waals surface area contributed by atoms with Crippen LogP contribution in [-0.4, -0.2) is 89.7 Å². The maximum atomic E-state index is 13.0. The zero-order chi connectivity index (χ0) is 38.4. The van der Waals surface area contributed by atoms with Crippen molar-refractivity contribution in [2.45, 2.75) is 38.3 Å². The molecule has 4 heterocycles. The zero-order valence-electron chi connectivity index (χ0n) is 29.1. The van der Waals surface area contributed by atoms with Crippen LogP contribution in [0.4, 0.5) is 9.59 Å². The van der Waals surface area contributed by atoms with Crippen molar-refractivity contribution in [3.05, 3.63) is 122 Å². The molecule has 0 atom stereocenters. The minimum Gasteiger partial charge on any atom is -0.333 e. The first kappa shape index (κ1) is 38.6. The molecule has 0 spiro atoms. The molecule has 284 valence electrons. The number of nitrogens with zero attached hydrogens (tertiary/aromatic N) is 3. The van der Waals surface area contributed by atoms with E-state index in [2.05, 4.69) is 19.9 Å². The standard InChI is InChI=1S/C20H15N3O3S.C15H8N2O2S.C5H8ClNO.CH4/c24-17-11-5-1-2-6-12(11)18(25)15-13(17)7-8-14-16(15)22-19(21-14)27-20(26)23-9-3-4-10-23;18-13-7-3-1-2-4-8(7)14(19)11-9(13)5-6-10-12(11)17-15(20)16-10;6-5(8)7-3-1-2-4-7;/h1-2,5-8H,3-4,9-10H2,(H,21,22);1-6H,(H2,16,17,20);1-4H2;1H4. The Balaban J connectivity index is 0.000000145. The molecule has 10 rings (SSSR count). The molecule has 15 heteroatoms. The smallest absolute Gasteiger partial charge is 0.316 e. The molecule has 0 bridgehead atoms. The summed E-state index contributed by atoms with van der Waals surface area (Å²) >= 11 is 11.3. The van der Waals surface area contributed by atoms with E-state index in [1.165, 1.54) is 0 Å². The highest BCUT2D eigenvalue weighted by Gasteiger charge is 2.33. The second-order valence-electron chi connectivity index (χ2n) is 13.3. The van der Waals surface area contributed by atoms with Crippen molar-refractivity contribution in [2.24, 2.45) is 0 Å². The maximum absolute atomic E-state index is 13.0. The summed E-state index contributed by atoms with van der Waals surface area (Å²) in [4.78, 5) is 90.6. The average Bonchev–Trinajstić information content (AvgIpc) is 4.03. The summed E-state index contributed by atoms with van der Waals surface area (Å²) in [5.41, 5.74) is 5.63. The largest absolute Gasteiger partial charge is 0.333 e. The Morgan fingerprint density at radius 3 is 1.62 bits per heavy atom. The lowest BCUT2D eigenvalue weighted by Gasteiger charge is -2.17. The highest BCUT2D eigenvalue weighted by atomic mass is 35.5. The van der Waals surface area contributed by atoms with E-state index in [1.54, 1.807) is 82.6 Å². The summed E-state index contributed by atoms with van der Waals surface area (Å²) in [6.07, 6.45) is 4.27. The fourth-order valence-electron chi connectivity index (χ4n) is 7.31. The first-order chi connectivity index (χ1) is 26.6. The second-order valence-corrected chi connectivity index (χ2v) is 15.0. The number of halogens is 1. The number of benzene rings is 4. The number of hydrogen-bond acceptors (Lipinski definition) is 9. The molecule has 3 N–H and O–H groups in total. The van der Waals surface area contributed by atoms with Gasteiger partial charge in [-0.05, 0) is 73.8 Å². The first-order valence-electron chi connectivity index (χ1n) is 17.7. The van der Waals surface area contributed by atoms with E-state index < -0.39 is 0 Å². The molecule has 4 aliphatic rings. The number of imidazole rings is 2. The number of ketones is 4. The SMILES string of the molecule is C.O=C(Cl)N1CCCC1.O=C1c2ccccc2C(=O)c2c1ccc1[nH]c(=S)[nH]c21.O=C1c2ccccc2C(=O)c2c1ccc1[nH]c(SC(=O)N3CCCC3)nc21. The molecule has 56 heavy (non-hydrogen) atoms. The van der Waals surface area contributed by atoms with Crippen LogP contribution >= 0.6 is 35.6 Å². The van der Waals surface area contributed by atoms with Gasteiger partial charge in [-0.15, -0.1) is 0 Å². The van der Waals surface area contributed by atoms with E-state index in [0.717, 1.165) is 69.1 Å². The van der Waals surface area contributed by atoms with Crippen molar-refractivity contribution in [1.82, 2.24) is 29.7 Å². The molecule has 2 aromatic heterocycles. The molecule has 0 radical (unpaired) electrons. The van der Waals surface area contributed by atoms with Crippen molar-refractivity contribution in [2.75, 3.05) is 26.2 Å². The average molecular weight is 807 g/mol. The van der Waals surface area contributed by atoms with Crippen LogP contribution in [-0.2, 0) is 0 Å². The number of nitrogens with one attached hydrogen (secondary N) is 3. The highest BCUT2D eigenvalue weighted by Crippen LogP contribution is 2.34. The molecular weight excluding hydrogens is 772 g/mol. The van der Waals surface area contributed by atoms with Gasteiger partial charge in [0, 0.05) is 71.3 Å². The number of hydrogen-bond donors (Lipinski definition) is 3. The molecule has 2 aliphatic heterocycles. The summed E-state index contributed by atoms with van der Waals surface area (Å²) < 4.78 is 0.438. The van der Waals surface area contributed by atoms with Crippen molar-refractivity contribution >= 4 is 91.4 Å². The third-order valence-electron chi connectivity index (χ3n) is 10.0. The summed E-state index contributed by atoms with van der Waals surface area (Å²) in [5.74, 6) is -0.657. The number of H-pyrrole nitrogens is 3. The van der Waals surface area contributed by atoms with E-state index in [-0.39, 0.29) is 41.2 Å². The van der Waals surface area contributed by atoms with Crippen molar-refractivity contribution in [3.63, 3.8) is 0 Å². The fraction of sp³-hybridized carbons (Fsp3) is 0.220. The van der Waals surface area contributed by atoms with Gasteiger partial charge in [0.1, 0.15) is 5.52 Å². The summed E-state index contributed by atoms with van der Waals surface area (Å²) in [6, 6.07) is 20.5. The number of rotatable bonds is 1. The van der Waals surface area contributed by atoms with Crippen LogP contribution in [0.5, 0.6) is 0 Å². The number of carbonyl (C=O) groups excluding carboxylic acids is 6. The van der Waals surface area contributed by atoms with Gasteiger partial charge < -0.3 is 24.8 Å². The highest BCUT2D eigenvalue weighted by molar-refractivity contribution is 8.13. The Bertz CT molecular complexity index is 2670. The van der Waals surface area contributed by atoms with Crippen LogP contribution in [0, 0.1) is 4.77 Å². The molecule has 2 saturated heterocycles. The third-order valence-corrected chi connectivity index (χ3v) is 11.3. The van der Waals surface area contributed by atoms with Gasteiger partial charge in [0.15, 0.2) is 33.1 Å². The van der Waals surface area contributed by atoms with Gasteiger partial charge in [-0.3, -0.25) is 28.8 Å². The molecule has 2 amide bonds. The number of amides is 2. The van der Waals surface area contributed by atoms with Gasteiger partial charge in [-0.25, -0.2) is 4.98 Å². The maximum Gasteiger partial charge on any atom is 0.316 e. The topological polar surface area (TPSA) is 169 Å². The molecule has 0 saturated carbocycles. The van der Waals surface area contributed by atoms with Gasteiger partial charge in [-0.1, -0.05) is 56.0 Å². The zero-order valence-corrected chi connectivity index (χ0v) is 31.5. The first-order valence-corrected chi connectivity index (χ1v) is 19.3. The molecule has 6 aromatic rings. The Hall–Kier alpha value is -5.70. The Kier molecular flexibility index (Phi) is 10.9. The summed E-state index contributed by atoms with van der Waals surface area (Å²) in [6.45, 7) is 3.24. The molecule has 12 nitrogen and oxygen atoms in total. The normalized spacial score (nSPS) is 15.2. The molecule has 2 aliphatic carbocycles. The lowest BCUT2D eigenvalue weighted by atomic mass is 9.83. The minimum absolute atomic E-state index is 0. The van der Waals surface area contributed by atoms with E-state index in [4.69, 9.17) is 23.8 Å². The third kappa shape index (κ3) is 6.99. The Morgan fingerprint density at radius 2 is 1.09 bits per heavy atom. The lowest BCUT2D eigenvalue weighted by molar-refractivity contribution is 0.0980. The molecule has 2 fully saturated rings. The number of aromatic amines is 3. The van der Waals surface area contributed by atoms with Gasteiger partial charge >= 0.3 is 5.37 Å². The molecule has 4 aromatic carbocycles. The second kappa shape index (κ2) is 15.8. The fourth-order valence-corrected chi connectivity index (χ4v) is 8.46. The van der Waals surface area contributed by atoms with E-state index in [9.17, 15) is 28.8 Å². The van der Waals surface area contributed by atoms with Crippen molar-refractivity contribution < 1.29 is 28.8 Å². The number of thioether (sulfide) groups is 1. The monoisotopic (exact) mass is 806 g/mol. The number of fused-ring (bicyclic) bond motifs is 8. The van der Waals surface area contributed by atoms with Crippen LogP contribution in [0.3, 0.4) is 0 Å². The van der Waals surface area contributed by atoms with Crippen LogP contribution in [0.15, 0.2) is 78.0 Å². The van der Waals surface area contributed by atoms with Gasteiger partial charge in [0.05, 0.1) is 27.7 Å². The predicted octanol–water partition coefficient (Wildman–Crippen LogP) is 8.72. The van der Waals surface area contributed by atoms with Gasteiger partial charge in [0.2, 0.25) is 0 Å². The van der Waals surface area contributed by atoms with Crippen molar-refractivity contribution in [3.8, 4) is 0 Å². The van der Waals surface area contributed by atoms with Crippen molar-refractivity contribution in [1.29, 1.82) is 0 Å². The van der Waals surface area contributed by atoms with Crippen LogP contribution < -0.4 is 0 Å². The summed E-state index contributed by atoms with van der Waals surface area (Å²) in [5, 5.41) is 0.0880. The van der Waals surface area contributed by atoms with Gasteiger partial charge in [0.25, 0.3) is 5.24 Å². The number of likely N-dealkylation sites (tertiary alicyclic amines) is 2.